The third-order valence-corrected chi connectivity index (χ3v) is 3.41. The van der Waals surface area contributed by atoms with Crippen LogP contribution in [0.2, 0.25) is 0 Å². The number of aromatic carboxylic acids is 1. The van der Waals surface area contributed by atoms with Gasteiger partial charge in [0.15, 0.2) is 0 Å². The highest BCUT2D eigenvalue weighted by atomic mass is 32.1. The van der Waals surface area contributed by atoms with Gasteiger partial charge in [0.2, 0.25) is 5.88 Å². The van der Waals surface area contributed by atoms with Gasteiger partial charge >= 0.3 is 12.0 Å². The van der Waals surface area contributed by atoms with Crippen LogP contribution in [0.3, 0.4) is 0 Å². The molecule has 0 spiro atoms. The molecule has 0 saturated heterocycles. The van der Waals surface area contributed by atoms with E-state index in [1.165, 1.54) is 13.2 Å². The lowest BCUT2D eigenvalue weighted by molar-refractivity contribution is 0.0698. The molecule has 2 aromatic rings. The van der Waals surface area contributed by atoms with Crippen molar-refractivity contribution in [3.05, 3.63) is 40.9 Å². The number of methoxy groups -OCH3 is 1. The SMILES string of the molecule is COc1cc(CNC(=O)Nc2sccc2C(=O)O)ccn1. The van der Waals surface area contributed by atoms with Crippen molar-refractivity contribution in [1.82, 2.24) is 10.3 Å². The lowest BCUT2D eigenvalue weighted by Gasteiger charge is -2.07. The maximum atomic E-state index is 11.8. The van der Waals surface area contributed by atoms with E-state index < -0.39 is 12.0 Å². The first kappa shape index (κ1) is 14.8. The molecule has 0 atom stereocenters. The number of carbonyl (C=O) groups is 2. The zero-order valence-electron chi connectivity index (χ0n) is 11.1. The van der Waals surface area contributed by atoms with Crippen molar-refractivity contribution >= 4 is 28.3 Å². The summed E-state index contributed by atoms with van der Waals surface area (Å²) in [6.07, 6.45) is 1.58. The third-order valence-electron chi connectivity index (χ3n) is 2.58. The lowest BCUT2D eigenvalue weighted by Crippen LogP contribution is -2.28. The highest BCUT2D eigenvalue weighted by Crippen LogP contribution is 2.22. The summed E-state index contributed by atoms with van der Waals surface area (Å²) in [5.41, 5.74) is 0.891. The Morgan fingerprint density at radius 3 is 2.95 bits per heavy atom. The molecule has 0 aliphatic rings. The van der Waals surface area contributed by atoms with Crippen molar-refractivity contribution in [3.8, 4) is 5.88 Å². The number of ether oxygens (including phenoxy) is 1. The largest absolute Gasteiger partial charge is 0.481 e. The highest BCUT2D eigenvalue weighted by molar-refractivity contribution is 7.14. The standard InChI is InChI=1S/C13H13N3O4S/c1-20-10-6-8(2-4-14-10)7-15-13(19)16-11-9(12(17)18)3-5-21-11/h2-6H,7H2,1H3,(H,17,18)(H2,15,16,19). The van der Waals surface area contributed by atoms with E-state index in [2.05, 4.69) is 15.6 Å². The van der Waals surface area contributed by atoms with Crippen molar-refractivity contribution < 1.29 is 19.4 Å². The number of nitrogens with one attached hydrogen (secondary N) is 2. The zero-order chi connectivity index (χ0) is 15.2. The topological polar surface area (TPSA) is 101 Å². The molecule has 8 heteroatoms. The maximum Gasteiger partial charge on any atom is 0.338 e. The van der Waals surface area contributed by atoms with Gasteiger partial charge in [-0.2, -0.15) is 0 Å². The number of carboxylic acids is 1. The molecular formula is C13H13N3O4S. The predicted molar refractivity (Wildman–Crippen MR) is 77.9 cm³/mol. The fraction of sp³-hybridized carbons (Fsp3) is 0.154. The smallest absolute Gasteiger partial charge is 0.338 e. The van der Waals surface area contributed by atoms with Gasteiger partial charge in [0, 0.05) is 18.8 Å². The maximum absolute atomic E-state index is 11.8. The normalized spacial score (nSPS) is 9.95. The van der Waals surface area contributed by atoms with Gasteiger partial charge in [-0.1, -0.05) is 0 Å². The van der Waals surface area contributed by atoms with Crippen molar-refractivity contribution in [1.29, 1.82) is 0 Å². The molecule has 110 valence electrons. The van der Waals surface area contributed by atoms with Gasteiger partial charge in [0.1, 0.15) is 5.00 Å². The van der Waals surface area contributed by atoms with Crippen molar-refractivity contribution in [2.45, 2.75) is 6.54 Å². The molecule has 0 radical (unpaired) electrons. The molecule has 0 aliphatic carbocycles. The second kappa shape index (κ2) is 6.71. The van der Waals surface area contributed by atoms with Crippen molar-refractivity contribution in [2.75, 3.05) is 12.4 Å². The number of carboxylic acid groups (broad SMARTS) is 1. The molecule has 7 nitrogen and oxygen atoms in total. The molecule has 21 heavy (non-hydrogen) atoms. The number of hydrogen-bond acceptors (Lipinski definition) is 5. The third kappa shape index (κ3) is 3.93. The minimum atomic E-state index is -1.08. The van der Waals surface area contributed by atoms with Crippen molar-refractivity contribution in [3.63, 3.8) is 0 Å². The number of hydrogen-bond donors (Lipinski definition) is 3. The van der Waals surface area contributed by atoms with Crippen LogP contribution in [0.15, 0.2) is 29.8 Å². The second-order valence-corrected chi connectivity index (χ2v) is 4.90. The minimum Gasteiger partial charge on any atom is -0.481 e. The van der Waals surface area contributed by atoms with E-state index in [4.69, 9.17) is 9.84 Å². The molecule has 2 aromatic heterocycles. The van der Waals surface area contributed by atoms with Crippen LogP contribution in [-0.4, -0.2) is 29.2 Å². The monoisotopic (exact) mass is 307 g/mol. The van der Waals surface area contributed by atoms with Gasteiger partial charge in [0.25, 0.3) is 0 Å². The Morgan fingerprint density at radius 1 is 1.43 bits per heavy atom. The second-order valence-electron chi connectivity index (χ2n) is 3.98. The van der Waals surface area contributed by atoms with Crippen LogP contribution < -0.4 is 15.4 Å². The molecule has 2 rings (SSSR count). The molecule has 0 bridgehead atoms. The van der Waals surface area contributed by atoms with Crippen LogP contribution in [-0.2, 0) is 6.54 Å². The molecule has 0 fully saturated rings. The minimum absolute atomic E-state index is 0.0701. The van der Waals surface area contributed by atoms with E-state index in [9.17, 15) is 9.59 Å². The summed E-state index contributed by atoms with van der Waals surface area (Å²) >= 11 is 1.15. The molecule has 0 saturated carbocycles. The Hall–Kier alpha value is -2.61. The summed E-state index contributed by atoms with van der Waals surface area (Å²) in [6, 6.07) is 4.41. The lowest BCUT2D eigenvalue weighted by atomic mass is 10.2. The number of urea groups is 1. The van der Waals surface area contributed by atoms with Gasteiger partial charge in [-0.25, -0.2) is 14.6 Å². The van der Waals surface area contributed by atoms with Crippen LogP contribution in [0.1, 0.15) is 15.9 Å². The number of carbonyl (C=O) groups excluding carboxylic acids is 1. The molecule has 0 aliphatic heterocycles. The molecule has 2 heterocycles. The van der Waals surface area contributed by atoms with Gasteiger partial charge in [-0.15, -0.1) is 11.3 Å². The van der Waals surface area contributed by atoms with E-state index in [-0.39, 0.29) is 12.1 Å². The van der Waals surface area contributed by atoms with Crippen LogP contribution in [0.4, 0.5) is 9.80 Å². The predicted octanol–water partition coefficient (Wildman–Crippen LogP) is 2.17. The number of anilines is 1. The fourth-order valence-electron chi connectivity index (χ4n) is 1.58. The Balaban J connectivity index is 1.93. The summed E-state index contributed by atoms with van der Waals surface area (Å²) in [5, 5.41) is 16.0. The van der Waals surface area contributed by atoms with Crippen molar-refractivity contribution in [2.24, 2.45) is 0 Å². The zero-order valence-corrected chi connectivity index (χ0v) is 11.9. The quantitative estimate of drug-likeness (QED) is 0.786. The fourth-order valence-corrected chi connectivity index (χ4v) is 2.35. The summed E-state index contributed by atoms with van der Waals surface area (Å²) < 4.78 is 4.99. The van der Waals surface area contributed by atoms with Crippen LogP contribution in [0.25, 0.3) is 0 Å². The van der Waals surface area contributed by atoms with Crippen LogP contribution in [0.5, 0.6) is 5.88 Å². The highest BCUT2D eigenvalue weighted by Gasteiger charge is 2.13. The van der Waals surface area contributed by atoms with E-state index in [1.807, 2.05) is 0 Å². The number of rotatable bonds is 5. The molecule has 0 aromatic carbocycles. The average molecular weight is 307 g/mol. The van der Waals surface area contributed by atoms with Gasteiger partial charge in [-0.3, -0.25) is 5.32 Å². The van der Waals surface area contributed by atoms with Gasteiger partial charge < -0.3 is 15.2 Å². The van der Waals surface area contributed by atoms with E-state index in [0.717, 1.165) is 16.9 Å². The summed E-state index contributed by atoms with van der Waals surface area (Å²) in [4.78, 5) is 26.6. The molecule has 0 unspecified atom stereocenters. The molecule has 2 amide bonds. The summed E-state index contributed by atoms with van der Waals surface area (Å²) in [7, 11) is 1.51. The first-order valence-electron chi connectivity index (χ1n) is 5.94. The summed E-state index contributed by atoms with van der Waals surface area (Å²) in [5.74, 6) is -0.619. The number of pyridine rings is 1. The number of nitrogens with zero attached hydrogens (tertiary/aromatic N) is 1. The molecule has 3 N–H and O–H groups in total. The summed E-state index contributed by atoms with van der Waals surface area (Å²) in [6.45, 7) is 0.276. The Morgan fingerprint density at radius 2 is 2.24 bits per heavy atom. The number of aromatic nitrogens is 1. The Kier molecular flexibility index (Phi) is 4.72. The Bertz CT molecular complexity index is 656. The first-order chi connectivity index (χ1) is 10.1. The number of amides is 2. The number of thiophene rings is 1. The average Bonchev–Trinajstić information content (AvgIpc) is 2.93. The van der Waals surface area contributed by atoms with Crippen LogP contribution >= 0.6 is 11.3 Å². The van der Waals surface area contributed by atoms with E-state index >= 15 is 0 Å². The van der Waals surface area contributed by atoms with E-state index in [0.29, 0.717) is 10.9 Å². The van der Waals surface area contributed by atoms with E-state index in [1.54, 1.807) is 23.7 Å². The first-order valence-corrected chi connectivity index (χ1v) is 6.82. The molecular weight excluding hydrogens is 294 g/mol. The Labute approximate surface area is 124 Å². The van der Waals surface area contributed by atoms with Gasteiger partial charge in [0.05, 0.1) is 12.7 Å². The van der Waals surface area contributed by atoms with Gasteiger partial charge in [-0.05, 0) is 23.1 Å². The van der Waals surface area contributed by atoms with Crippen LogP contribution in [0, 0.1) is 0 Å².